The second kappa shape index (κ2) is 7.21. The summed E-state index contributed by atoms with van der Waals surface area (Å²) in [4.78, 5) is 4.85. The van der Waals surface area contributed by atoms with Crippen molar-refractivity contribution in [2.24, 2.45) is 5.16 Å². The van der Waals surface area contributed by atoms with E-state index >= 15 is 0 Å². The molecule has 0 saturated heterocycles. The van der Waals surface area contributed by atoms with Gasteiger partial charge < -0.3 is 4.84 Å². The summed E-state index contributed by atoms with van der Waals surface area (Å²) in [7, 11) is 0. The van der Waals surface area contributed by atoms with Crippen molar-refractivity contribution in [3.05, 3.63) is 70.8 Å². The Morgan fingerprint density at radius 2 is 1.65 bits per heavy atom. The molecule has 2 nitrogen and oxygen atoms in total. The average molecular weight is 329 g/mol. The van der Waals surface area contributed by atoms with Gasteiger partial charge in [-0.2, -0.15) is 13.2 Å². The van der Waals surface area contributed by atoms with Crippen molar-refractivity contribution < 1.29 is 26.8 Å². The largest absolute Gasteiger partial charge is 0.417 e. The first kappa shape index (κ1) is 16.9. The Morgan fingerprint density at radius 3 is 2.35 bits per heavy atom. The quantitative estimate of drug-likeness (QED) is 0.420. The molecule has 2 aromatic rings. The first-order valence-electron chi connectivity index (χ1n) is 6.57. The highest BCUT2D eigenvalue weighted by atomic mass is 19.4. The molecule has 122 valence electrons. The van der Waals surface area contributed by atoms with Crippen molar-refractivity contribution >= 4 is 6.21 Å². The van der Waals surface area contributed by atoms with Gasteiger partial charge in [-0.15, -0.1) is 0 Å². The molecule has 0 atom stereocenters. The van der Waals surface area contributed by atoms with Crippen LogP contribution in [0.4, 0.5) is 22.0 Å². The Bertz CT molecular complexity index is 682. The molecule has 0 unspecified atom stereocenters. The number of rotatable bonds is 5. The lowest BCUT2D eigenvalue weighted by atomic mass is 10.1. The van der Waals surface area contributed by atoms with E-state index in [2.05, 4.69) is 5.16 Å². The summed E-state index contributed by atoms with van der Waals surface area (Å²) in [5.74, 6) is 0. The van der Waals surface area contributed by atoms with Gasteiger partial charge in [0.15, 0.2) is 0 Å². The van der Waals surface area contributed by atoms with E-state index in [1.807, 2.05) is 0 Å². The van der Waals surface area contributed by atoms with Crippen molar-refractivity contribution in [1.29, 1.82) is 0 Å². The molecule has 0 aliphatic carbocycles. The summed E-state index contributed by atoms with van der Waals surface area (Å²) in [6.45, 7) is -0.259. The normalized spacial score (nSPS) is 12.1. The molecule has 0 fully saturated rings. The minimum atomic E-state index is -4.51. The van der Waals surface area contributed by atoms with E-state index in [4.69, 9.17) is 4.84 Å². The minimum Gasteiger partial charge on any atom is -0.391 e. The predicted molar refractivity (Wildman–Crippen MR) is 75.2 cm³/mol. The van der Waals surface area contributed by atoms with Crippen molar-refractivity contribution in [3.8, 4) is 0 Å². The highest BCUT2D eigenvalue weighted by Gasteiger charge is 2.32. The van der Waals surface area contributed by atoms with Crippen LogP contribution in [-0.4, -0.2) is 6.21 Å². The van der Waals surface area contributed by atoms with Crippen LogP contribution < -0.4 is 0 Å². The number of oxime groups is 1. The van der Waals surface area contributed by atoms with E-state index in [1.165, 1.54) is 36.4 Å². The number of alkyl halides is 5. The van der Waals surface area contributed by atoms with Gasteiger partial charge in [0.05, 0.1) is 11.8 Å². The highest BCUT2D eigenvalue weighted by molar-refractivity contribution is 5.81. The molecule has 0 amide bonds. The maximum atomic E-state index is 12.8. The maximum absolute atomic E-state index is 12.8. The van der Waals surface area contributed by atoms with Crippen LogP contribution >= 0.6 is 0 Å². The molecule has 7 heteroatoms. The van der Waals surface area contributed by atoms with Crippen molar-refractivity contribution in [1.82, 2.24) is 0 Å². The summed E-state index contributed by atoms with van der Waals surface area (Å²) in [5.41, 5.74) is -0.982. The van der Waals surface area contributed by atoms with Crippen LogP contribution in [0, 0.1) is 0 Å². The first-order chi connectivity index (χ1) is 10.9. The fourth-order valence-corrected chi connectivity index (χ4v) is 1.95. The zero-order valence-electron chi connectivity index (χ0n) is 11.7. The van der Waals surface area contributed by atoms with Crippen molar-refractivity contribution in [2.45, 2.75) is 19.2 Å². The van der Waals surface area contributed by atoms with Gasteiger partial charge in [-0.1, -0.05) is 47.6 Å². The summed E-state index contributed by atoms with van der Waals surface area (Å²) >= 11 is 0. The minimum absolute atomic E-state index is 0.165. The van der Waals surface area contributed by atoms with E-state index < -0.39 is 18.2 Å². The maximum Gasteiger partial charge on any atom is 0.417 e. The molecule has 0 spiro atoms. The fourth-order valence-electron chi connectivity index (χ4n) is 1.95. The Balaban J connectivity index is 2.07. The SMILES string of the molecule is FC(F)c1ccccc1CON=Cc1ccccc1C(F)(F)F. The molecule has 0 radical (unpaired) electrons. The number of hydrogen-bond acceptors (Lipinski definition) is 2. The first-order valence-corrected chi connectivity index (χ1v) is 6.57. The second-order valence-electron chi connectivity index (χ2n) is 4.59. The zero-order chi connectivity index (χ0) is 16.9. The van der Waals surface area contributed by atoms with Gasteiger partial charge in [-0.3, -0.25) is 0 Å². The van der Waals surface area contributed by atoms with Gasteiger partial charge in [0.25, 0.3) is 6.43 Å². The van der Waals surface area contributed by atoms with Crippen molar-refractivity contribution in [3.63, 3.8) is 0 Å². The van der Waals surface area contributed by atoms with Crippen LogP contribution in [0.25, 0.3) is 0 Å². The Kier molecular flexibility index (Phi) is 5.31. The molecule has 0 aromatic heterocycles. The number of hydrogen-bond donors (Lipinski definition) is 0. The molecular weight excluding hydrogens is 317 g/mol. The molecule has 0 aliphatic rings. The van der Waals surface area contributed by atoms with Crippen LogP contribution in [0.5, 0.6) is 0 Å². The number of halogens is 5. The number of benzene rings is 2. The van der Waals surface area contributed by atoms with Gasteiger partial charge in [-0.05, 0) is 6.07 Å². The molecule has 0 aliphatic heterocycles. The lowest BCUT2D eigenvalue weighted by Crippen LogP contribution is -2.08. The third-order valence-corrected chi connectivity index (χ3v) is 3.04. The van der Waals surface area contributed by atoms with E-state index in [1.54, 1.807) is 6.07 Å². The molecule has 0 bridgehead atoms. The van der Waals surface area contributed by atoms with Crippen LogP contribution in [0.3, 0.4) is 0 Å². The standard InChI is InChI=1S/C16H12F5NO/c17-15(18)13-7-3-1-6-12(13)10-23-22-9-11-5-2-4-8-14(11)16(19,20)21/h1-9,15H,10H2. The highest BCUT2D eigenvalue weighted by Crippen LogP contribution is 2.31. The van der Waals surface area contributed by atoms with Crippen LogP contribution in [-0.2, 0) is 17.6 Å². The molecular formula is C16H12F5NO. The molecule has 2 rings (SSSR count). The second-order valence-corrected chi connectivity index (χ2v) is 4.59. The summed E-state index contributed by atoms with van der Waals surface area (Å²) in [5, 5.41) is 3.44. The lowest BCUT2D eigenvalue weighted by Gasteiger charge is -2.09. The molecule has 2 aromatic carbocycles. The predicted octanol–water partition coefficient (Wildman–Crippen LogP) is 5.19. The van der Waals surface area contributed by atoms with Gasteiger partial charge in [0.2, 0.25) is 0 Å². The van der Waals surface area contributed by atoms with E-state index in [9.17, 15) is 22.0 Å². The smallest absolute Gasteiger partial charge is 0.391 e. The molecule has 0 saturated carbocycles. The van der Waals surface area contributed by atoms with Gasteiger partial charge in [0, 0.05) is 16.7 Å². The molecule has 0 heterocycles. The fraction of sp³-hybridized carbons (Fsp3) is 0.188. The van der Waals surface area contributed by atoms with Crippen LogP contribution in [0.2, 0.25) is 0 Å². The third kappa shape index (κ3) is 4.51. The van der Waals surface area contributed by atoms with Gasteiger partial charge in [-0.25, -0.2) is 8.78 Å². The Hall–Kier alpha value is -2.44. The van der Waals surface area contributed by atoms with Gasteiger partial charge >= 0.3 is 6.18 Å². The molecule has 23 heavy (non-hydrogen) atoms. The third-order valence-electron chi connectivity index (χ3n) is 3.04. The zero-order valence-corrected chi connectivity index (χ0v) is 11.7. The summed E-state index contributed by atoms with van der Waals surface area (Å²) < 4.78 is 63.9. The number of nitrogens with zero attached hydrogens (tertiary/aromatic N) is 1. The summed E-state index contributed by atoms with van der Waals surface area (Å²) in [6.07, 6.45) is -6.26. The van der Waals surface area contributed by atoms with Crippen molar-refractivity contribution in [2.75, 3.05) is 0 Å². The Morgan fingerprint density at radius 1 is 1.00 bits per heavy atom. The Labute approximate surface area is 129 Å². The van der Waals surface area contributed by atoms with E-state index in [0.717, 1.165) is 12.3 Å². The topological polar surface area (TPSA) is 21.6 Å². The van der Waals surface area contributed by atoms with E-state index in [0.29, 0.717) is 0 Å². The lowest BCUT2D eigenvalue weighted by molar-refractivity contribution is -0.137. The molecule has 0 N–H and O–H groups in total. The summed E-state index contributed by atoms with van der Waals surface area (Å²) in [6, 6.07) is 10.6. The van der Waals surface area contributed by atoms with Crippen LogP contribution in [0.15, 0.2) is 53.7 Å². The van der Waals surface area contributed by atoms with Crippen LogP contribution in [0.1, 0.15) is 28.7 Å². The monoisotopic (exact) mass is 329 g/mol. The average Bonchev–Trinajstić information content (AvgIpc) is 2.51. The van der Waals surface area contributed by atoms with E-state index in [-0.39, 0.29) is 23.3 Å². The van der Waals surface area contributed by atoms with Gasteiger partial charge in [0.1, 0.15) is 6.61 Å².